The van der Waals surface area contributed by atoms with Crippen molar-refractivity contribution in [2.24, 2.45) is 0 Å². The van der Waals surface area contributed by atoms with Gasteiger partial charge in [0.25, 0.3) is 0 Å². The maximum Gasteiger partial charge on any atom is 0.164 e. The molecule has 50 heavy (non-hydrogen) atoms. The van der Waals surface area contributed by atoms with E-state index in [0.29, 0.717) is 17.5 Å². The molecular weight excluding hydrogens is 611 g/mol. The highest BCUT2D eigenvalue weighted by atomic mass is 15.0. The second-order valence-corrected chi connectivity index (χ2v) is 12.9. The van der Waals surface area contributed by atoms with Crippen LogP contribution in [0.15, 0.2) is 164 Å². The van der Waals surface area contributed by atoms with E-state index in [9.17, 15) is 0 Å². The molecule has 11 aromatic rings. The Balaban J connectivity index is 1.20. The maximum atomic E-state index is 5.04. The van der Waals surface area contributed by atoms with Crippen LogP contribution in [0.5, 0.6) is 0 Å². The largest absolute Gasteiger partial charge is 0.309 e. The Morgan fingerprint density at radius 3 is 1.32 bits per heavy atom. The molecule has 4 heterocycles. The highest BCUT2D eigenvalue weighted by Gasteiger charge is 2.21. The Morgan fingerprint density at radius 2 is 0.760 bits per heavy atom. The summed E-state index contributed by atoms with van der Waals surface area (Å²) < 4.78 is 4.84. The molecular formula is C45H27N5. The van der Waals surface area contributed by atoms with Crippen LogP contribution in [0.3, 0.4) is 0 Å². The summed E-state index contributed by atoms with van der Waals surface area (Å²) in [6.45, 7) is 0. The molecule has 0 bridgehead atoms. The third kappa shape index (κ3) is 3.86. The van der Waals surface area contributed by atoms with Crippen molar-refractivity contribution in [1.82, 2.24) is 23.9 Å². The van der Waals surface area contributed by atoms with Gasteiger partial charge in [-0.3, -0.25) is 0 Å². The van der Waals surface area contributed by atoms with E-state index in [1.807, 2.05) is 60.7 Å². The average molecular weight is 638 g/mol. The standard InChI is InChI=1S/C45H27N5/c1-3-13-28(14-4-1)43-46-44(29-15-5-2-6-16-29)48-45(47-43)30-23-24-35-37-27-31(49-38-20-10-7-17-32(38)33-18-8-11-21-39(33)49)26-36-34-19-9-12-22-40(34)50(42(36)37)41(35)25-30/h1-27H. The second kappa shape index (κ2) is 10.3. The Kier molecular flexibility index (Phi) is 5.60. The van der Waals surface area contributed by atoms with E-state index < -0.39 is 0 Å². The van der Waals surface area contributed by atoms with Gasteiger partial charge in [-0.15, -0.1) is 0 Å². The van der Waals surface area contributed by atoms with Gasteiger partial charge in [-0.1, -0.05) is 127 Å². The predicted molar refractivity (Wildman–Crippen MR) is 205 cm³/mol. The van der Waals surface area contributed by atoms with E-state index >= 15 is 0 Å². The highest BCUT2D eigenvalue weighted by Crippen LogP contribution is 2.43. The first-order valence-corrected chi connectivity index (χ1v) is 16.9. The van der Waals surface area contributed by atoms with Crippen molar-refractivity contribution in [2.75, 3.05) is 0 Å². The van der Waals surface area contributed by atoms with Gasteiger partial charge in [0.2, 0.25) is 0 Å². The number of para-hydroxylation sites is 3. The summed E-state index contributed by atoms with van der Waals surface area (Å²) >= 11 is 0. The van der Waals surface area contributed by atoms with Crippen LogP contribution >= 0.6 is 0 Å². The van der Waals surface area contributed by atoms with Crippen LogP contribution in [0.2, 0.25) is 0 Å². The fraction of sp³-hybridized carbons (Fsp3) is 0. The molecule has 0 amide bonds. The summed E-state index contributed by atoms with van der Waals surface area (Å²) in [5.41, 5.74) is 9.97. The van der Waals surface area contributed by atoms with Gasteiger partial charge in [0.05, 0.1) is 27.6 Å². The van der Waals surface area contributed by atoms with E-state index in [1.54, 1.807) is 0 Å². The zero-order valence-corrected chi connectivity index (χ0v) is 26.8. The normalized spacial score (nSPS) is 12.0. The van der Waals surface area contributed by atoms with Crippen LogP contribution < -0.4 is 0 Å². The molecule has 0 aliphatic rings. The second-order valence-electron chi connectivity index (χ2n) is 12.9. The number of fused-ring (bicyclic) bond motifs is 9. The molecule has 0 aliphatic carbocycles. The molecule has 0 fully saturated rings. The van der Waals surface area contributed by atoms with Crippen LogP contribution in [0, 0.1) is 0 Å². The van der Waals surface area contributed by atoms with Crippen LogP contribution in [0.25, 0.3) is 99.8 Å². The Morgan fingerprint density at radius 1 is 0.320 bits per heavy atom. The summed E-state index contributed by atoms with van der Waals surface area (Å²) in [6.07, 6.45) is 0. The van der Waals surface area contributed by atoms with Gasteiger partial charge in [0.15, 0.2) is 17.5 Å². The van der Waals surface area contributed by atoms with Crippen molar-refractivity contribution in [1.29, 1.82) is 0 Å². The van der Waals surface area contributed by atoms with Gasteiger partial charge < -0.3 is 8.97 Å². The molecule has 0 radical (unpaired) electrons. The summed E-state index contributed by atoms with van der Waals surface area (Å²) in [6, 6.07) is 57.8. The average Bonchev–Trinajstić information content (AvgIpc) is 3.83. The molecule has 5 nitrogen and oxygen atoms in total. The van der Waals surface area contributed by atoms with Gasteiger partial charge in [0, 0.05) is 54.7 Å². The van der Waals surface area contributed by atoms with Crippen molar-refractivity contribution < 1.29 is 0 Å². The van der Waals surface area contributed by atoms with Gasteiger partial charge in [-0.05, 0) is 36.4 Å². The fourth-order valence-corrected chi connectivity index (χ4v) is 7.89. The molecule has 232 valence electrons. The zero-order valence-electron chi connectivity index (χ0n) is 26.8. The number of hydrogen-bond acceptors (Lipinski definition) is 3. The number of benzene rings is 7. The summed E-state index contributed by atoms with van der Waals surface area (Å²) in [7, 11) is 0. The van der Waals surface area contributed by atoms with Crippen molar-refractivity contribution in [3.63, 3.8) is 0 Å². The van der Waals surface area contributed by atoms with Crippen molar-refractivity contribution in [2.45, 2.75) is 0 Å². The van der Waals surface area contributed by atoms with Crippen LogP contribution in [0.4, 0.5) is 0 Å². The summed E-state index contributed by atoms with van der Waals surface area (Å²) in [5.74, 6) is 1.96. The quantitative estimate of drug-likeness (QED) is 0.193. The first-order valence-electron chi connectivity index (χ1n) is 16.9. The molecule has 7 aromatic carbocycles. The Hall–Kier alpha value is -6.85. The molecule has 0 atom stereocenters. The fourth-order valence-electron chi connectivity index (χ4n) is 7.89. The van der Waals surface area contributed by atoms with Gasteiger partial charge in [-0.25, -0.2) is 15.0 Å². The number of aromatic nitrogens is 5. The lowest BCUT2D eigenvalue weighted by molar-refractivity contribution is 1.07. The van der Waals surface area contributed by atoms with Gasteiger partial charge in [-0.2, -0.15) is 0 Å². The minimum atomic E-state index is 0.648. The zero-order chi connectivity index (χ0) is 32.8. The lowest BCUT2D eigenvalue weighted by Gasteiger charge is -2.10. The van der Waals surface area contributed by atoms with Gasteiger partial charge >= 0.3 is 0 Å². The summed E-state index contributed by atoms with van der Waals surface area (Å²) in [4.78, 5) is 15.0. The monoisotopic (exact) mass is 637 g/mol. The highest BCUT2D eigenvalue weighted by molar-refractivity contribution is 6.24. The first-order chi connectivity index (χ1) is 24.8. The van der Waals surface area contributed by atoms with Gasteiger partial charge in [0.1, 0.15) is 0 Å². The molecule has 0 spiro atoms. The number of hydrogen-bond donors (Lipinski definition) is 0. The lowest BCUT2D eigenvalue weighted by atomic mass is 10.0. The van der Waals surface area contributed by atoms with E-state index in [1.165, 1.54) is 54.4 Å². The minimum Gasteiger partial charge on any atom is -0.309 e. The van der Waals surface area contributed by atoms with Crippen LogP contribution in [-0.4, -0.2) is 23.9 Å². The Labute approximate surface area is 286 Å². The van der Waals surface area contributed by atoms with Crippen LogP contribution in [0.1, 0.15) is 0 Å². The molecule has 5 heteroatoms. The van der Waals surface area contributed by atoms with Crippen molar-refractivity contribution >= 4 is 59.9 Å². The molecule has 4 aromatic heterocycles. The number of rotatable bonds is 4. The molecule has 0 unspecified atom stereocenters. The third-order valence-electron chi connectivity index (χ3n) is 10.1. The topological polar surface area (TPSA) is 48.0 Å². The first kappa shape index (κ1) is 27.1. The minimum absolute atomic E-state index is 0.648. The van der Waals surface area contributed by atoms with E-state index in [-0.39, 0.29) is 0 Å². The maximum absolute atomic E-state index is 5.04. The predicted octanol–water partition coefficient (Wildman–Crippen LogP) is 11.1. The molecule has 0 N–H and O–H groups in total. The van der Waals surface area contributed by atoms with E-state index in [0.717, 1.165) is 27.9 Å². The smallest absolute Gasteiger partial charge is 0.164 e. The Bertz CT molecular complexity index is 2970. The molecule has 0 saturated heterocycles. The van der Waals surface area contributed by atoms with E-state index in [4.69, 9.17) is 15.0 Å². The van der Waals surface area contributed by atoms with Crippen LogP contribution in [-0.2, 0) is 0 Å². The van der Waals surface area contributed by atoms with E-state index in [2.05, 4.69) is 112 Å². The lowest BCUT2D eigenvalue weighted by Crippen LogP contribution is -2.00. The SMILES string of the molecule is c1ccc(-c2nc(-c3ccccc3)nc(-c3ccc4c5cc(-n6c7ccccc7c7ccccc76)cc6c7ccccc7n(c4c3)c65)n2)cc1. The number of nitrogens with zero attached hydrogens (tertiary/aromatic N) is 5. The van der Waals surface area contributed by atoms with Crippen molar-refractivity contribution in [3.05, 3.63) is 164 Å². The molecule has 0 aliphatic heterocycles. The third-order valence-corrected chi connectivity index (χ3v) is 10.1. The van der Waals surface area contributed by atoms with Crippen molar-refractivity contribution in [3.8, 4) is 39.9 Å². The summed E-state index contributed by atoms with van der Waals surface area (Å²) in [5, 5.41) is 7.42. The molecule has 11 rings (SSSR count). The molecule has 0 saturated carbocycles.